The maximum absolute atomic E-state index is 13.5. The molecule has 1 saturated heterocycles. The molecule has 4 aromatic rings. The lowest BCUT2D eigenvalue weighted by Gasteiger charge is -2.26. The van der Waals surface area contributed by atoms with Crippen molar-refractivity contribution in [3.8, 4) is 0 Å². The molecule has 2 aromatic carbocycles. The number of hydrogen-bond acceptors (Lipinski definition) is 12. The highest BCUT2D eigenvalue weighted by Gasteiger charge is 2.25. The van der Waals surface area contributed by atoms with Gasteiger partial charge in [-0.05, 0) is 55.6 Å². The summed E-state index contributed by atoms with van der Waals surface area (Å²) in [7, 11) is -6.10. The summed E-state index contributed by atoms with van der Waals surface area (Å²) in [5, 5.41) is 3.49. The molecule has 0 amide bonds. The average molecular weight is 762 g/mol. The van der Waals surface area contributed by atoms with E-state index in [1.54, 1.807) is 38.5 Å². The Morgan fingerprint density at radius 2 is 1.13 bits per heavy atom. The van der Waals surface area contributed by atoms with Crippen molar-refractivity contribution in [1.82, 2.24) is 25.1 Å². The number of benzene rings is 2. The van der Waals surface area contributed by atoms with E-state index in [9.17, 15) is 18.7 Å². The molecular weight excluding hydrogens is 712 g/mol. The second-order valence-corrected chi connectivity index (χ2v) is 19.0. The van der Waals surface area contributed by atoms with Gasteiger partial charge in [-0.1, -0.05) is 60.7 Å². The molecule has 1 atom stereocenters. The first kappa shape index (κ1) is 40.2. The minimum atomic E-state index is -3.31. The quantitative estimate of drug-likeness (QED) is 0.138. The molecule has 1 fully saturated rings. The van der Waals surface area contributed by atoms with Gasteiger partial charge in [-0.2, -0.15) is 0 Å². The van der Waals surface area contributed by atoms with E-state index in [0.29, 0.717) is 55.1 Å². The van der Waals surface area contributed by atoms with Crippen molar-refractivity contribution in [2.75, 3.05) is 65.9 Å². The van der Waals surface area contributed by atoms with Crippen LogP contribution < -0.4 is 16.2 Å². The number of hydrogen-bond donors (Lipinski definition) is 1. The zero-order valence-corrected chi connectivity index (χ0v) is 32.7. The van der Waals surface area contributed by atoms with E-state index < -0.39 is 26.4 Å². The van der Waals surface area contributed by atoms with E-state index in [-0.39, 0.29) is 30.8 Å². The third kappa shape index (κ3) is 12.3. The van der Waals surface area contributed by atoms with Gasteiger partial charge in [0.15, 0.2) is 0 Å². The Balaban J connectivity index is 1.31. The Morgan fingerprint density at radius 1 is 0.679 bits per heavy atom. The van der Waals surface area contributed by atoms with E-state index in [4.69, 9.17) is 24.0 Å². The predicted molar refractivity (Wildman–Crippen MR) is 207 cm³/mol. The number of carbonyl (C=O) groups is 2. The van der Waals surface area contributed by atoms with Crippen LogP contribution in [0.2, 0.25) is 0 Å². The van der Waals surface area contributed by atoms with Crippen LogP contribution in [0.3, 0.4) is 0 Å². The molecule has 5 rings (SSSR count). The lowest BCUT2D eigenvalue weighted by molar-refractivity contribution is 0.0463. The SMILES string of the molecule is CCOP(C)(=O)c1cc(C(=O)OCc2ccccc2)cc(CN2CCNCCN(Cc3cc(C(=O)OCc4ccccc4)cc(P(C)(C)=O)n3)CC2)n1. The van der Waals surface area contributed by atoms with Gasteiger partial charge in [0, 0.05) is 59.0 Å². The maximum Gasteiger partial charge on any atom is 0.338 e. The molecule has 282 valence electrons. The average Bonchev–Trinajstić information content (AvgIpc) is 3.25. The largest absolute Gasteiger partial charge is 0.457 e. The molecule has 14 heteroatoms. The Morgan fingerprint density at radius 3 is 1.58 bits per heavy atom. The van der Waals surface area contributed by atoms with Crippen LogP contribution in [0.4, 0.5) is 0 Å². The van der Waals surface area contributed by atoms with Gasteiger partial charge in [0.25, 0.3) is 0 Å². The molecule has 12 nitrogen and oxygen atoms in total. The summed E-state index contributed by atoms with van der Waals surface area (Å²) < 4.78 is 43.5. The van der Waals surface area contributed by atoms with Gasteiger partial charge >= 0.3 is 11.9 Å². The molecule has 2 aromatic heterocycles. The molecule has 1 aliphatic heterocycles. The minimum absolute atomic E-state index is 0.109. The Kier molecular flexibility index (Phi) is 14.3. The number of rotatable bonds is 14. The van der Waals surface area contributed by atoms with Gasteiger partial charge in [-0.3, -0.25) is 14.4 Å². The highest BCUT2D eigenvalue weighted by atomic mass is 31.2. The Bertz CT molecular complexity index is 1940. The van der Waals surface area contributed by atoms with Gasteiger partial charge in [0.2, 0.25) is 7.37 Å². The van der Waals surface area contributed by atoms with E-state index in [2.05, 4.69) is 15.1 Å². The first-order valence-corrected chi connectivity index (χ1v) is 22.4. The summed E-state index contributed by atoms with van der Waals surface area (Å²) in [6.07, 6.45) is 0. The van der Waals surface area contributed by atoms with Crippen LogP contribution in [0.25, 0.3) is 0 Å². The summed E-state index contributed by atoms with van der Waals surface area (Å²) >= 11 is 0. The Hall–Kier alpha value is -4.02. The van der Waals surface area contributed by atoms with Crippen LogP contribution in [0.1, 0.15) is 50.2 Å². The van der Waals surface area contributed by atoms with Crippen LogP contribution in [-0.4, -0.2) is 97.6 Å². The summed E-state index contributed by atoms with van der Waals surface area (Å²) in [5.74, 6) is -1.03. The molecule has 3 heterocycles. The van der Waals surface area contributed by atoms with E-state index in [1.807, 2.05) is 60.7 Å². The van der Waals surface area contributed by atoms with Gasteiger partial charge in [0.1, 0.15) is 31.2 Å². The molecule has 0 spiro atoms. The van der Waals surface area contributed by atoms with Crippen molar-refractivity contribution in [3.05, 3.63) is 119 Å². The highest BCUT2D eigenvalue weighted by Crippen LogP contribution is 2.40. The fourth-order valence-electron chi connectivity index (χ4n) is 5.83. The van der Waals surface area contributed by atoms with Gasteiger partial charge in [-0.25, -0.2) is 19.6 Å². The summed E-state index contributed by atoms with van der Waals surface area (Å²) in [5.41, 5.74) is 4.13. The van der Waals surface area contributed by atoms with E-state index in [0.717, 1.165) is 30.8 Å². The normalized spacial score (nSPS) is 15.8. The molecular formula is C39H49N5O7P2. The molecule has 53 heavy (non-hydrogen) atoms. The Labute approximate surface area is 312 Å². The fraction of sp³-hybridized carbons (Fsp3) is 0.385. The van der Waals surface area contributed by atoms with Crippen LogP contribution in [0, 0.1) is 0 Å². The van der Waals surface area contributed by atoms with Crippen molar-refractivity contribution in [2.45, 2.75) is 33.2 Å². The predicted octanol–water partition coefficient (Wildman–Crippen LogP) is 4.92. The first-order chi connectivity index (χ1) is 25.4. The third-order valence-electron chi connectivity index (χ3n) is 8.68. The van der Waals surface area contributed by atoms with E-state index in [1.165, 1.54) is 12.7 Å². The zero-order chi connectivity index (χ0) is 37.8. The minimum Gasteiger partial charge on any atom is -0.457 e. The molecule has 0 radical (unpaired) electrons. The monoisotopic (exact) mass is 761 g/mol. The summed E-state index contributed by atoms with van der Waals surface area (Å²) in [4.78, 5) is 40.3. The van der Waals surface area contributed by atoms with Crippen molar-refractivity contribution in [2.24, 2.45) is 0 Å². The fourth-order valence-corrected chi connectivity index (χ4v) is 7.96. The zero-order valence-electron chi connectivity index (χ0n) is 30.9. The van der Waals surface area contributed by atoms with Crippen molar-refractivity contribution < 1.29 is 32.7 Å². The standard InChI is InChI=1S/C39H49N5O7P2/c1-5-51-53(4,48)37-25-33(39(46)50-29-31-14-10-7-11-15-31)23-35(42-37)27-44-19-17-40-16-18-43(20-21-44)26-34-22-32(24-36(41-34)52(2,3)47)38(45)49-28-30-12-8-6-9-13-30/h6-15,22-25,40H,5,16-21,26-29H2,1-4H3. The van der Waals surface area contributed by atoms with Crippen LogP contribution in [0.15, 0.2) is 84.9 Å². The highest BCUT2D eigenvalue weighted by molar-refractivity contribution is 7.69. The van der Waals surface area contributed by atoms with Crippen molar-refractivity contribution in [3.63, 3.8) is 0 Å². The number of ether oxygens (including phenoxy) is 2. The molecule has 1 unspecified atom stereocenters. The number of carbonyl (C=O) groups excluding carboxylic acids is 2. The number of esters is 2. The molecule has 0 aliphatic carbocycles. The summed E-state index contributed by atoms with van der Waals surface area (Å²) in [6.45, 7) is 12.1. The number of nitrogens with zero attached hydrogens (tertiary/aromatic N) is 4. The summed E-state index contributed by atoms with van der Waals surface area (Å²) in [6, 6.07) is 25.4. The first-order valence-electron chi connectivity index (χ1n) is 17.8. The van der Waals surface area contributed by atoms with Gasteiger partial charge < -0.3 is 23.9 Å². The molecule has 1 N–H and O–H groups in total. The maximum atomic E-state index is 13.5. The van der Waals surface area contributed by atoms with Crippen LogP contribution >= 0.6 is 14.5 Å². The van der Waals surface area contributed by atoms with E-state index >= 15 is 0 Å². The number of aromatic nitrogens is 2. The van der Waals surface area contributed by atoms with Crippen LogP contribution in [-0.2, 0) is 49.4 Å². The second-order valence-electron chi connectivity index (χ2n) is 13.5. The third-order valence-corrected chi connectivity index (χ3v) is 11.8. The number of nitrogens with one attached hydrogen (secondary N) is 1. The van der Waals surface area contributed by atoms with Crippen molar-refractivity contribution in [1.29, 1.82) is 0 Å². The molecule has 1 aliphatic rings. The molecule has 0 saturated carbocycles. The second kappa shape index (κ2) is 18.8. The van der Waals surface area contributed by atoms with Gasteiger partial charge in [-0.15, -0.1) is 0 Å². The van der Waals surface area contributed by atoms with Gasteiger partial charge in [0.05, 0.1) is 29.1 Å². The van der Waals surface area contributed by atoms with Crippen LogP contribution in [0.5, 0.6) is 0 Å². The smallest absolute Gasteiger partial charge is 0.338 e. The lowest BCUT2D eigenvalue weighted by Crippen LogP contribution is -2.36. The topological polar surface area (TPSA) is 140 Å². The lowest BCUT2D eigenvalue weighted by atomic mass is 10.2. The molecule has 0 bridgehead atoms. The van der Waals surface area contributed by atoms with Crippen molar-refractivity contribution >= 4 is 37.3 Å². The number of pyridine rings is 2.